The summed E-state index contributed by atoms with van der Waals surface area (Å²) < 4.78 is 0. The number of nitrogens with zero attached hydrogens (tertiary/aromatic N) is 2. The minimum absolute atomic E-state index is 0.188. The predicted molar refractivity (Wildman–Crippen MR) is 86.1 cm³/mol. The van der Waals surface area contributed by atoms with Gasteiger partial charge < -0.3 is 14.9 Å². The molecule has 0 bridgehead atoms. The van der Waals surface area contributed by atoms with Gasteiger partial charge in [0.15, 0.2) is 0 Å². The molecule has 2 rings (SSSR count). The smallest absolute Gasteiger partial charge is 0.305 e. The number of para-hydroxylation sites is 1. The van der Waals surface area contributed by atoms with Gasteiger partial charge in [-0.25, -0.2) is 0 Å². The number of hydrogen-bond acceptors (Lipinski definition) is 3. The summed E-state index contributed by atoms with van der Waals surface area (Å²) in [6.45, 7) is 9.07. The zero-order chi connectivity index (χ0) is 15.2. The summed E-state index contributed by atoms with van der Waals surface area (Å²) in [5.74, 6) is -0.729. The molecule has 1 aliphatic heterocycles. The van der Waals surface area contributed by atoms with Gasteiger partial charge in [-0.05, 0) is 50.9 Å². The van der Waals surface area contributed by atoms with Crippen LogP contribution in [0.4, 0.5) is 5.69 Å². The van der Waals surface area contributed by atoms with E-state index in [1.54, 1.807) is 0 Å². The molecule has 1 aromatic carbocycles. The van der Waals surface area contributed by atoms with Crippen molar-refractivity contribution in [2.75, 3.05) is 37.6 Å². The molecule has 0 amide bonds. The van der Waals surface area contributed by atoms with Gasteiger partial charge in [0.2, 0.25) is 0 Å². The van der Waals surface area contributed by atoms with Gasteiger partial charge in [-0.1, -0.05) is 18.2 Å². The Kier molecular flexibility index (Phi) is 5.62. The summed E-state index contributed by atoms with van der Waals surface area (Å²) >= 11 is 0. The molecule has 21 heavy (non-hydrogen) atoms. The first-order chi connectivity index (χ1) is 10.1. The average Bonchev–Trinajstić information content (AvgIpc) is 2.93. The molecular weight excluding hydrogens is 264 g/mol. The van der Waals surface area contributed by atoms with Gasteiger partial charge in [-0.15, -0.1) is 0 Å². The molecular formula is C17H26N2O2. The standard InChI is InChI=1S/C17H26N2O2/c1-14-6-5-7-15(2)17(14)19(11-8-16(20)21)13-12-18-9-3-4-10-18/h5-7H,3-4,8-13H2,1-2H3,(H,20,21). The van der Waals surface area contributed by atoms with Crippen LogP contribution >= 0.6 is 0 Å². The largest absolute Gasteiger partial charge is 0.481 e. The second-order valence-electron chi connectivity index (χ2n) is 5.92. The fourth-order valence-corrected chi connectivity index (χ4v) is 3.14. The number of carbonyl (C=O) groups is 1. The van der Waals surface area contributed by atoms with Crippen molar-refractivity contribution in [3.8, 4) is 0 Å². The molecule has 116 valence electrons. The Morgan fingerprint density at radius 1 is 1.19 bits per heavy atom. The van der Waals surface area contributed by atoms with E-state index in [0.717, 1.165) is 13.1 Å². The molecule has 1 heterocycles. The third kappa shape index (κ3) is 4.46. The lowest BCUT2D eigenvalue weighted by molar-refractivity contribution is -0.136. The van der Waals surface area contributed by atoms with E-state index in [4.69, 9.17) is 5.11 Å². The van der Waals surface area contributed by atoms with Crippen LogP contribution in [0.15, 0.2) is 18.2 Å². The van der Waals surface area contributed by atoms with Crippen LogP contribution in [0, 0.1) is 13.8 Å². The summed E-state index contributed by atoms with van der Waals surface area (Å²) in [6.07, 6.45) is 2.77. The maximum absolute atomic E-state index is 10.9. The van der Waals surface area contributed by atoms with Gasteiger partial charge in [-0.2, -0.15) is 0 Å². The van der Waals surface area contributed by atoms with Crippen LogP contribution in [0.1, 0.15) is 30.4 Å². The Labute approximate surface area is 127 Å². The first kappa shape index (κ1) is 15.8. The van der Waals surface area contributed by atoms with Crippen LogP contribution in [-0.2, 0) is 4.79 Å². The van der Waals surface area contributed by atoms with Crippen molar-refractivity contribution in [3.05, 3.63) is 29.3 Å². The SMILES string of the molecule is Cc1cccc(C)c1N(CCC(=O)O)CCN1CCCC1. The second-order valence-corrected chi connectivity index (χ2v) is 5.92. The minimum Gasteiger partial charge on any atom is -0.481 e. The highest BCUT2D eigenvalue weighted by Gasteiger charge is 2.16. The van der Waals surface area contributed by atoms with Crippen LogP contribution in [0.5, 0.6) is 0 Å². The van der Waals surface area contributed by atoms with Gasteiger partial charge in [-0.3, -0.25) is 4.79 Å². The number of likely N-dealkylation sites (tertiary alicyclic amines) is 1. The minimum atomic E-state index is -0.729. The number of hydrogen-bond donors (Lipinski definition) is 1. The molecule has 0 saturated carbocycles. The number of benzene rings is 1. The Morgan fingerprint density at radius 3 is 2.38 bits per heavy atom. The van der Waals surface area contributed by atoms with Crippen molar-refractivity contribution in [1.29, 1.82) is 0 Å². The highest BCUT2D eigenvalue weighted by atomic mass is 16.4. The molecule has 0 spiro atoms. The maximum Gasteiger partial charge on any atom is 0.305 e. The van der Waals surface area contributed by atoms with Crippen molar-refractivity contribution in [2.24, 2.45) is 0 Å². The van der Waals surface area contributed by atoms with Gasteiger partial charge in [0.1, 0.15) is 0 Å². The van der Waals surface area contributed by atoms with Crippen molar-refractivity contribution < 1.29 is 9.90 Å². The maximum atomic E-state index is 10.9. The topological polar surface area (TPSA) is 43.8 Å². The van der Waals surface area contributed by atoms with E-state index >= 15 is 0 Å². The zero-order valence-corrected chi connectivity index (χ0v) is 13.1. The first-order valence-corrected chi connectivity index (χ1v) is 7.83. The van der Waals surface area contributed by atoms with Crippen molar-refractivity contribution in [2.45, 2.75) is 33.1 Å². The number of aliphatic carboxylic acids is 1. The van der Waals surface area contributed by atoms with E-state index in [1.807, 2.05) is 0 Å². The summed E-state index contributed by atoms with van der Waals surface area (Å²) in [6, 6.07) is 6.27. The summed E-state index contributed by atoms with van der Waals surface area (Å²) in [5.41, 5.74) is 3.65. The lowest BCUT2D eigenvalue weighted by Gasteiger charge is -2.29. The number of carboxylic acids is 1. The molecule has 1 fully saturated rings. The molecule has 0 unspecified atom stereocenters. The quantitative estimate of drug-likeness (QED) is 0.838. The van der Waals surface area contributed by atoms with E-state index in [2.05, 4.69) is 41.8 Å². The van der Waals surface area contributed by atoms with E-state index in [1.165, 1.54) is 42.7 Å². The molecule has 1 aromatic rings. The average molecular weight is 290 g/mol. The second kappa shape index (κ2) is 7.46. The fourth-order valence-electron chi connectivity index (χ4n) is 3.14. The zero-order valence-electron chi connectivity index (χ0n) is 13.1. The van der Waals surface area contributed by atoms with Crippen molar-refractivity contribution >= 4 is 11.7 Å². The number of carboxylic acid groups (broad SMARTS) is 1. The van der Waals surface area contributed by atoms with Gasteiger partial charge in [0.05, 0.1) is 6.42 Å². The van der Waals surface area contributed by atoms with Gasteiger partial charge in [0, 0.05) is 25.3 Å². The van der Waals surface area contributed by atoms with E-state index < -0.39 is 5.97 Å². The summed E-state index contributed by atoms with van der Waals surface area (Å²) in [7, 11) is 0. The molecule has 1 saturated heterocycles. The molecule has 0 aromatic heterocycles. The summed E-state index contributed by atoms with van der Waals surface area (Å²) in [4.78, 5) is 15.6. The van der Waals surface area contributed by atoms with Crippen LogP contribution in [0.2, 0.25) is 0 Å². The van der Waals surface area contributed by atoms with Crippen molar-refractivity contribution in [3.63, 3.8) is 0 Å². The van der Waals surface area contributed by atoms with E-state index in [9.17, 15) is 4.79 Å². The van der Waals surface area contributed by atoms with Gasteiger partial charge in [0.25, 0.3) is 0 Å². The van der Waals surface area contributed by atoms with Crippen molar-refractivity contribution in [1.82, 2.24) is 4.90 Å². The van der Waals surface area contributed by atoms with E-state index in [0.29, 0.717) is 6.54 Å². The third-order valence-electron chi connectivity index (χ3n) is 4.24. The lowest BCUT2D eigenvalue weighted by Crippen LogP contribution is -2.36. The van der Waals surface area contributed by atoms with Crippen LogP contribution in [0.25, 0.3) is 0 Å². The molecule has 4 heteroatoms. The molecule has 1 N–H and O–H groups in total. The summed E-state index contributed by atoms with van der Waals surface area (Å²) in [5, 5.41) is 8.99. The predicted octanol–water partition coefficient (Wildman–Crippen LogP) is 2.68. The highest BCUT2D eigenvalue weighted by Crippen LogP contribution is 2.25. The molecule has 0 atom stereocenters. The number of anilines is 1. The van der Waals surface area contributed by atoms with Crippen LogP contribution in [0.3, 0.4) is 0 Å². The Balaban J connectivity index is 2.08. The molecule has 0 aliphatic carbocycles. The lowest BCUT2D eigenvalue weighted by atomic mass is 10.1. The molecule has 4 nitrogen and oxygen atoms in total. The highest BCUT2D eigenvalue weighted by molar-refractivity contribution is 5.68. The monoisotopic (exact) mass is 290 g/mol. The fraction of sp³-hybridized carbons (Fsp3) is 0.588. The molecule has 1 aliphatic rings. The normalized spacial score (nSPS) is 15.3. The third-order valence-corrected chi connectivity index (χ3v) is 4.24. The first-order valence-electron chi connectivity index (χ1n) is 7.83. The van der Waals surface area contributed by atoms with Crippen LogP contribution < -0.4 is 4.90 Å². The Bertz CT molecular complexity index is 461. The Hall–Kier alpha value is -1.55. The van der Waals surface area contributed by atoms with Gasteiger partial charge >= 0.3 is 5.97 Å². The van der Waals surface area contributed by atoms with Crippen LogP contribution in [-0.4, -0.2) is 48.7 Å². The Morgan fingerprint density at radius 2 is 1.81 bits per heavy atom. The van der Waals surface area contributed by atoms with E-state index in [-0.39, 0.29) is 6.42 Å². The number of rotatable bonds is 7. The molecule has 0 radical (unpaired) electrons. The number of aryl methyl sites for hydroxylation is 2.